The van der Waals surface area contributed by atoms with Crippen LogP contribution in [0.4, 0.5) is 0 Å². The number of hydrogen-bond donors (Lipinski definition) is 1. The molecule has 5 heteroatoms. The number of aromatic nitrogens is 2. The molecular weight excluding hydrogens is 324 g/mol. The summed E-state index contributed by atoms with van der Waals surface area (Å²) >= 11 is 0. The lowest BCUT2D eigenvalue weighted by Crippen LogP contribution is -2.34. The third-order valence-corrected chi connectivity index (χ3v) is 5.11. The van der Waals surface area contributed by atoms with E-state index in [2.05, 4.69) is 34.0 Å². The minimum absolute atomic E-state index is 0.0219. The predicted octanol–water partition coefficient (Wildman–Crippen LogP) is 2.85. The van der Waals surface area contributed by atoms with Gasteiger partial charge < -0.3 is 10.2 Å². The summed E-state index contributed by atoms with van der Waals surface area (Å²) in [4.78, 5) is 23.5. The molecule has 3 heterocycles. The number of amides is 1. The third kappa shape index (κ3) is 4.88. The largest absolute Gasteiger partial charge is 0.352 e. The van der Waals surface area contributed by atoms with Gasteiger partial charge in [-0.1, -0.05) is 13.8 Å². The first kappa shape index (κ1) is 18.5. The van der Waals surface area contributed by atoms with Crippen molar-refractivity contribution >= 4 is 5.91 Å². The summed E-state index contributed by atoms with van der Waals surface area (Å²) < 4.78 is 0. The van der Waals surface area contributed by atoms with Crippen LogP contribution in [0.5, 0.6) is 0 Å². The zero-order chi connectivity index (χ0) is 18.4. The van der Waals surface area contributed by atoms with Crippen LogP contribution in [0.25, 0.3) is 0 Å². The van der Waals surface area contributed by atoms with Crippen molar-refractivity contribution in [1.29, 1.82) is 0 Å². The van der Waals surface area contributed by atoms with Crippen LogP contribution in [0.2, 0.25) is 0 Å². The molecule has 1 N–H and O–H groups in total. The maximum atomic E-state index is 12.9. The molecule has 1 saturated heterocycles. The molecule has 2 aromatic heterocycles. The quantitative estimate of drug-likeness (QED) is 0.832. The molecule has 0 aromatic carbocycles. The summed E-state index contributed by atoms with van der Waals surface area (Å²) in [6.07, 6.45) is 8.31. The Labute approximate surface area is 155 Å². The number of pyridine rings is 2. The Morgan fingerprint density at radius 1 is 1.12 bits per heavy atom. The summed E-state index contributed by atoms with van der Waals surface area (Å²) in [6, 6.07) is 7.95. The highest BCUT2D eigenvalue weighted by atomic mass is 16.1. The molecule has 0 spiro atoms. The van der Waals surface area contributed by atoms with Crippen molar-refractivity contribution in [3.05, 3.63) is 60.2 Å². The Bertz CT molecular complexity index is 690. The number of hydrogen-bond acceptors (Lipinski definition) is 4. The molecule has 0 bridgehead atoms. The van der Waals surface area contributed by atoms with Gasteiger partial charge in [0.1, 0.15) is 0 Å². The van der Waals surface area contributed by atoms with Gasteiger partial charge >= 0.3 is 0 Å². The second-order valence-electron chi connectivity index (χ2n) is 7.51. The molecular formula is C21H28N4O. The number of carbonyl (C=O) groups excluding carboxylic acids is 1. The first-order valence-electron chi connectivity index (χ1n) is 9.42. The average Bonchev–Trinajstić information content (AvgIpc) is 3.10. The van der Waals surface area contributed by atoms with Crippen molar-refractivity contribution in [2.45, 2.75) is 32.7 Å². The molecule has 2 aromatic rings. The molecule has 5 nitrogen and oxygen atoms in total. The number of nitrogens with zero attached hydrogens (tertiary/aromatic N) is 3. The first-order chi connectivity index (χ1) is 12.6. The van der Waals surface area contributed by atoms with E-state index in [1.165, 1.54) is 5.56 Å². The molecule has 2 atom stereocenters. The Hall–Kier alpha value is -2.27. The van der Waals surface area contributed by atoms with Crippen LogP contribution >= 0.6 is 0 Å². The Balaban J connectivity index is 1.67. The average molecular weight is 352 g/mol. The minimum atomic E-state index is -0.0219. The summed E-state index contributed by atoms with van der Waals surface area (Å²) in [7, 11) is 0. The van der Waals surface area contributed by atoms with E-state index in [1.54, 1.807) is 12.4 Å². The van der Waals surface area contributed by atoms with Gasteiger partial charge in [0.05, 0.1) is 5.92 Å². The van der Waals surface area contributed by atoms with E-state index in [0.717, 1.165) is 31.6 Å². The molecule has 1 aliphatic heterocycles. The van der Waals surface area contributed by atoms with Crippen LogP contribution in [-0.2, 0) is 11.3 Å². The maximum Gasteiger partial charge on any atom is 0.225 e. The number of likely N-dealkylation sites (tertiary alicyclic amines) is 1. The fraction of sp³-hybridized carbons (Fsp3) is 0.476. The second-order valence-corrected chi connectivity index (χ2v) is 7.51. The zero-order valence-electron chi connectivity index (χ0n) is 15.6. The summed E-state index contributed by atoms with van der Waals surface area (Å²) in [5, 5.41) is 3.12. The van der Waals surface area contributed by atoms with Gasteiger partial charge in [0.2, 0.25) is 5.91 Å². The molecule has 26 heavy (non-hydrogen) atoms. The highest BCUT2D eigenvalue weighted by Crippen LogP contribution is 2.33. The van der Waals surface area contributed by atoms with Crippen molar-refractivity contribution in [2.75, 3.05) is 19.6 Å². The summed E-state index contributed by atoms with van der Waals surface area (Å²) in [6.45, 7) is 7.84. The van der Waals surface area contributed by atoms with Gasteiger partial charge in [-0.15, -0.1) is 0 Å². The first-order valence-corrected chi connectivity index (χ1v) is 9.42. The second kappa shape index (κ2) is 8.90. The van der Waals surface area contributed by atoms with Gasteiger partial charge in [0.15, 0.2) is 0 Å². The van der Waals surface area contributed by atoms with E-state index in [0.29, 0.717) is 12.5 Å². The lowest BCUT2D eigenvalue weighted by molar-refractivity contribution is -0.125. The van der Waals surface area contributed by atoms with E-state index in [-0.39, 0.29) is 17.7 Å². The van der Waals surface area contributed by atoms with Crippen molar-refractivity contribution in [2.24, 2.45) is 11.8 Å². The minimum Gasteiger partial charge on any atom is -0.352 e. The normalized spacial score (nSPS) is 20.4. The molecule has 1 unspecified atom stereocenters. The molecule has 138 valence electrons. The Kier molecular flexibility index (Phi) is 6.34. The molecule has 0 saturated carbocycles. The number of carbonyl (C=O) groups is 1. The van der Waals surface area contributed by atoms with Crippen LogP contribution in [0.3, 0.4) is 0 Å². The van der Waals surface area contributed by atoms with Crippen molar-refractivity contribution in [1.82, 2.24) is 20.2 Å². The smallest absolute Gasteiger partial charge is 0.225 e. The molecule has 3 rings (SSSR count). The van der Waals surface area contributed by atoms with Crippen LogP contribution in [0.15, 0.2) is 49.1 Å². The lowest BCUT2D eigenvalue weighted by Gasteiger charge is -2.18. The maximum absolute atomic E-state index is 12.9. The van der Waals surface area contributed by atoms with E-state index >= 15 is 0 Å². The van der Waals surface area contributed by atoms with E-state index < -0.39 is 0 Å². The monoisotopic (exact) mass is 352 g/mol. The van der Waals surface area contributed by atoms with Gasteiger partial charge in [0.25, 0.3) is 0 Å². The van der Waals surface area contributed by atoms with E-state index in [1.807, 2.05) is 36.7 Å². The topological polar surface area (TPSA) is 58.1 Å². The van der Waals surface area contributed by atoms with Gasteiger partial charge in [0, 0.05) is 50.3 Å². The SMILES string of the molecule is CC(C)CCN1CC(C(=O)NCc2ccncc2)[C@@H](c2ccncc2)C1. The Morgan fingerprint density at radius 2 is 1.77 bits per heavy atom. The van der Waals surface area contributed by atoms with Gasteiger partial charge in [-0.3, -0.25) is 14.8 Å². The van der Waals surface area contributed by atoms with Gasteiger partial charge in [-0.2, -0.15) is 0 Å². The van der Waals surface area contributed by atoms with Crippen molar-refractivity contribution in [3.8, 4) is 0 Å². The fourth-order valence-electron chi connectivity index (χ4n) is 3.54. The van der Waals surface area contributed by atoms with Crippen molar-refractivity contribution in [3.63, 3.8) is 0 Å². The lowest BCUT2D eigenvalue weighted by atomic mass is 9.89. The zero-order valence-corrected chi connectivity index (χ0v) is 15.6. The molecule has 0 aliphatic carbocycles. The standard InChI is InChI=1S/C21H28N4O/c1-16(2)7-12-25-14-19(18-5-10-23-11-6-18)20(15-25)21(26)24-13-17-3-8-22-9-4-17/h3-6,8-11,16,19-20H,7,12-15H2,1-2H3,(H,24,26)/t19-,20?/m1/s1. The molecule has 1 amide bonds. The van der Waals surface area contributed by atoms with E-state index in [4.69, 9.17) is 0 Å². The number of nitrogens with one attached hydrogen (secondary N) is 1. The van der Waals surface area contributed by atoms with E-state index in [9.17, 15) is 4.79 Å². The van der Waals surface area contributed by atoms with Crippen LogP contribution in [0.1, 0.15) is 37.3 Å². The Morgan fingerprint density at radius 3 is 2.42 bits per heavy atom. The highest BCUT2D eigenvalue weighted by Gasteiger charge is 2.38. The van der Waals surface area contributed by atoms with Crippen molar-refractivity contribution < 1.29 is 4.79 Å². The molecule has 1 fully saturated rings. The highest BCUT2D eigenvalue weighted by molar-refractivity contribution is 5.80. The third-order valence-electron chi connectivity index (χ3n) is 5.11. The van der Waals surface area contributed by atoms with Crippen LogP contribution in [0, 0.1) is 11.8 Å². The summed E-state index contributed by atoms with van der Waals surface area (Å²) in [5.41, 5.74) is 2.28. The van der Waals surface area contributed by atoms with Crippen LogP contribution in [-0.4, -0.2) is 40.4 Å². The summed E-state index contributed by atoms with van der Waals surface area (Å²) in [5.74, 6) is 1.01. The van der Waals surface area contributed by atoms with Crippen LogP contribution < -0.4 is 5.32 Å². The van der Waals surface area contributed by atoms with Gasteiger partial charge in [-0.05, 0) is 54.3 Å². The fourth-order valence-corrected chi connectivity index (χ4v) is 3.54. The molecule has 1 aliphatic rings. The molecule has 0 radical (unpaired) electrons. The predicted molar refractivity (Wildman–Crippen MR) is 102 cm³/mol. The number of rotatable bonds is 7. The van der Waals surface area contributed by atoms with Gasteiger partial charge in [-0.25, -0.2) is 0 Å².